The third-order valence-electron chi connectivity index (χ3n) is 5.92. The highest BCUT2D eigenvalue weighted by Crippen LogP contribution is 2.28. The van der Waals surface area contributed by atoms with Crippen molar-refractivity contribution in [2.45, 2.75) is 32.9 Å². The van der Waals surface area contributed by atoms with Crippen LogP contribution in [0.3, 0.4) is 0 Å². The lowest BCUT2D eigenvalue weighted by molar-refractivity contribution is -0.137. The molecular weight excluding hydrogens is 362 g/mol. The maximum Gasteiger partial charge on any atom is 0.255 e. The number of para-hydroxylation sites is 1. The number of amides is 2. The van der Waals surface area contributed by atoms with Crippen molar-refractivity contribution in [1.82, 2.24) is 9.80 Å². The lowest BCUT2D eigenvalue weighted by Gasteiger charge is -2.39. The number of anilines is 1. The summed E-state index contributed by atoms with van der Waals surface area (Å²) in [6, 6.07) is 17.6. The fourth-order valence-corrected chi connectivity index (χ4v) is 4.37. The summed E-state index contributed by atoms with van der Waals surface area (Å²) in [6.45, 7) is 7.77. The zero-order valence-electron chi connectivity index (χ0n) is 17.3. The minimum atomic E-state index is -0.391. The highest BCUT2D eigenvalue weighted by molar-refractivity contribution is 6.01. The summed E-state index contributed by atoms with van der Waals surface area (Å²) in [5.41, 5.74) is 2.96. The molecule has 1 atom stereocenters. The van der Waals surface area contributed by atoms with Crippen molar-refractivity contribution in [1.29, 1.82) is 0 Å². The quantitative estimate of drug-likeness (QED) is 0.785. The van der Waals surface area contributed by atoms with Crippen LogP contribution in [0.25, 0.3) is 0 Å². The molecule has 0 unspecified atom stereocenters. The second-order valence-electron chi connectivity index (χ2n) is 8.38. The number of hydrogen-bond donors (Lipinski definition) is 0. The van der Waals surface area contributed by atoms with E-state index < -0.39 is 6.04 Å². The lowest BCUT2D eigenvalue weighted by atomic mass is 10.0. The Balaban J connectivity index is 1.47. The largest absolute Gasteiger partial charge is 0.368 e. The van der Waals surface area contributed by atoms with Crippen LogP contribution in [-0.2, 0) is 11.3 Å². The van der Waals surface area contributed by atoms with Crippen molar-refractivity contribution >= 4 is 17.5 Å². The van der Waals surface area contributed by atoms with Gasteiger partial charge in [0.1, 0.15) is 6.04 Å². The predicted octanol–water partition coefficient (Wildman–Crippen LogP) is 3.41. The zero-order chi connectivity index (χ0) is 20.4. The van der Waals surface area contributed by atoms with Crippen molar-refractivity contribution < 1.29 is 9.59 Å². The number of hydrogen-bond acceptors (Lipinski definition) is 3. The van der Waals surface area contributed by atoms with E-state index in [1.165, 1.54) is 5.69 Å². The van der Waals surface area contributed by atoms with E-state index >= 15 is 0 Å². The van der Waals surface area contributed by atoms with Gasteiger partial charge in [-0.2, -0.15) is 0 Å². The van der Waals surface area contributed by atoms with Gasteiger partial charge in [0.25, 0.3) is 5.91 Å². The number of piperazine rings is 1. The van der Waals surface area contributed by atoms with Gasteiger partial charge in [0.15, 0.2) is 0 Å². The van der Waals surface area contributed by atoms with Gasteiger partial charge in [-0.05, 0) is 36.1 Å². The van der Waals surface area contributed by atoms with E-state index in [0.717, 1.165) is 24.2 Å². The van der Waals surface area contributed by atoms with Gasteiger partial charge in [-0.3, -0.25) is 9.59 Å². The molecule has 152 valence electrons. The smallest absolute Gasteiger partial charge is 0.255 e. The summed E-state index contributed by atoms with van der Waals surface area (Å²) in [7, 11) is 0. The van der Waals surface area contributed by atoms with Gasteiger partial charge in [-0.15, -0.1) is 0 Å². The van der Waals surface area contributed by atoms with E-state index in [9.17, 15) is 9.59 Å². The molecule has 0 spiro atoms. The van der Waals surface area contributed by atoms with E-state index in [0.29, 0.717) is 32.0 Å². The molecule has 2 amide bonds. The Hall–Kier alpha value is -2.82. The molecule has 2 aliphatic rings. The molecule has 0 radical (unpaired) electrons. The normalized spacial score (nSPS) is 17.6. The lowest BCUT2D eigenvalue weighted by Crippen LogP contribution is -2.55. The number of fused-ring (bicyclic) bond motifs is 1. The third kappa shape index (κ3) is 4.00. The van der Waals surface area contributed by atoms with Crippen molar-refractivity contribution in [3.8, 4) is 0 Å². The zero-order valence-corrected chi connectivity index (χ0v) is 17.3. The molecule has 4 rings (SSSR count). The van der Waals surface area contributed by atoms with Crippen LogP contribution < -0.4 is 4.90 Å². The molecule has 0 N–H and O–H groups in total. The molecule has 1 fully saturated rings. The number of rotatable bonds is 5. The van der Waals surface area contributed by atoms with Crippen LogP contribution >= 0.6 is 0 Å². The fourth-order valence-electron chi connectivity index (χ4n) is 4.37. The van der Waals surface area contributed by atoms with Crippen molar-refractivity contribution in [2.24, 2.45) is 5.92 Å². The topological polar surface area (TPSA) is 43.9 Å². The van der Waals surface area contributed by atoms with Crippen LogP contribution in [0.4, 0.5) is 5.69 Å². The summed E-state index contributed by atoms with van der Waals surface area (Å²) in [5, 5.41) is 0. The van der Waals surface area contributed by atoms with Crippen molar-refractivity contribution in [2.75, 3.05) is 31.1 Å². The molecule has 2 heterocycles. The van der Waals surface area contributed by atoms with Crippen molar-refractivity contribution in [3.63, 3.8) is 0 Å². The van der Waals surface area contributed by atoms with Gasteiger partial charge in [-0.25, -0.2) is 0 Å². The summed E-state index contributed by atoms with van der Waals surface area (Å²) in [4.78, 5) is 32.5. The van der Waals surface area contributed by atoms with E-state index in [-0.39, 0.29) is 11.8 Å². The molecule has 0 bridgehead atoms. The van der Waals surface area contributed by atoms with Gasteiger partial charge < -0.3 is 14.7 Å². The Morgan fingerprint density at radius 2 is 1.59 bits per heavy atom. The molecule has 5 heteroatoms. The molecule has 0 saturated carbocycles. The highest BCUT2D eigenvalue weighted by atomic mass is 16.2. The molecule has 2 aromatic carbocycles. The van der Waals surface area contributed by atoms with Crippen LogP contribution in [0.2, 0.25) is 0 Å². The molecule has 29 heavy (non-hydrogen) atoms. The number of nitrogens with zero attached hydrogens (tertiary/aromatic N) is 3. The number of carbonyl (C=O) groups is 2. The Morgan fingerprint density at radius 3 is 2.24 bits per heavy atom. The highest BCUT2D eigenvalue weighted by Gasteiger charge is 2.38. The first-order chi connectivity index (χ1) is 14.0. The molecule has 0 aromatic heterocycles. The standard InChI is InChI=1S/C24H29N3O2/c1-18(2)16-22(27-17-19-8-6-7-11-21(19)23(27)28)24(29)26-14-12-25(13-15-26)20-9-4-3-5-10-20/h3-11,18,22H,12-17H2,1-2H3/t22-/m1/s1. The second-order valence-corrected chi connectivity index (χ2v) is 8.38. The van der Waals surface area contributed by atoms with Gasteiger partial charge >= 0.3 is 0 Å². The molecule has 5 nitrogen and oxygen atoms in total. The van der Waals surface area contributed by atoms with Crippen LogP contribution in [-0.4, -0.2) is 53.8 Å². The fraction of sp³-hybridized carbons (Fsp3) is 0.417. The molecule has 1 saturated heterocycles. The first kappa shape index (κ1) is 19.5. The SMILES string of the molecule is CC(C)C[C@H](C(=O)N1CCN(c2ccccc2)CC1)N1Cc2ccccc2C1=O. The van der Waals surface area contributed by atoms with Gasteiger partial charge in [-0.1, -0.05) is 50.2 Å². The first-order valence-corrected chi connectivity index (χ1v) is 10.5. The van der Waals surface area contributed by atoms with Gasteiger partial charge in [0, 0.05) is 44.0 Å². The van der Waals surface area contributed by atoms with E-state index in [2.05, 4.69) is 30.9 Å². The van der Waals surface area contributed by atoms with E-state index in [1.54, 1.807) is 4.90 Å². The van der Waals surface area contributed by atoms with Gasteiger partial charge in [0.05, 0.1) is 0 Å². The number of benzene rings is 2. The molecular formula is C24H29N3O2. The van der Waals surface area contributed by atoms with E-state index in [1.807, 2.05) is 47.4 Å². The average Bonchev–Trinajstić information content (AvgIpc) is 3.09. The van der Waals surface area contributed by atoms with Crippen LogP contribution in [0.15, 0.2) is 54.6 Å². The minimum Gasteiger partial charge on any atom is -0.368 e. The second kappa shape index (κ2) is 8.27. The Bertz CT molecular complexity index is 873. The average molecular weight is 392 g/mol. The maximum atomic E-state index is 13.5. The van der Waals surface area contributed by atoms with Crippen molar-refractivity contribution in [3.05, 3.63) is 65.7 Å². The Kier molecular flexibility index (Phi) is 5.56. The van der Waals surface area contributed by atoms with Crippen LogP contribution in [0.1, 0.15) is 36.2 Å². The minimum absolute atomic E-state index is 0.0116. The summed E-state index contributed by atoms with van der Waals surface area (Å²) in [6.07, 6.45) is 0.692. The molecule has 0 aliphatic carbocycles. The van der Waals surface area contributed by atoms with Crippen LogP contribution in [0, 0.1) is 5.92 Å². The number of carbonyl (C=O) groups excluding carboxylic acids is 2. The van der Waals surface area contributed by atoms with E-state index in [4.69, 9.17) is 0 Å². The molecule has 2 aliphatic heterocycles. The summed E-state index contributed by atoms with van der Waals surface area (Å²) in [5.74, 6) is 0.418. The predicted molar refractivity (Wildman–Crippen MR) is 115 cm³/mol. The maximum absolute atomic E-state index is 13.5. The first-order valence-electron chi connectivity index (χ1n) is 10.5. The third-order valence-corrected chi connectivity index (χ3v) is 5.92. The summed E-state index contributed by atoms with van der Waals surface area (Å²) >= 11 is 0. The summed E-state index contributed by atoms with van der Waals surface area (Å²) < 4.78 is 0. The Morgan fingerprint density at radius 1 is 0.931 bits per heavy atom. The molecule has 2 aromatic rings. The van der Waals surface area contributed by atoms with Crippen LogP contribution in [0.5, 0.6) is 0 Å². The van der Waals surface area contributed by atoms with Gasteiger partial charge in [0.2, 0.25) is 5.91 Å². The monoisotopic (exact) mass is 391 g/mol. The Labute approximate surface area is 172 Å².